The van der Waals surface area contributed by atoms with Crippen LogP contribution in [0.3, 0.4) is 0 Å². The Bertz CT molecular complexity index is 1050. The zero-order chi connectivity index (χ0) is 18.6. The molecule has 0 spiro atoms. The molecule has 4 rings (SSSR count). The van der Waals surface area contributed by atoms with Gasteiger partial charge >= 0.3 is 0 Å². The Morgan fingerprint density at radius 2 is 1.89 bits per heavy atom. The molecule has 0 saturated carbocycles. The lowest BCUT2D eigenvalue weighted by Gasteiger charge is -2.10. The second-order valence-corrected chi connectivity index (χ2v) is 7.52. The Labute approximate surface area is 162 Å². The van der Waals surface area contributed by atoms with Gasteiger partial charge in [-0.15, -0.1) is 11.3 Å². The summed E-state index contributed by atoms with van der Waals surface area (Å²) in [5, 5.41) is 4.91. The maximum absolute atomic E-state index is 12.1. The quantitative estimate of drug-likeness (QED) is 0.542. The van der Waals surface area contributed by atoms with Crippen molar-refractivity contribution >= 4 is 28.3 Å². The Kier molecular flexibility index (Phi) is 5.03. The topological polar surface area (TPSA) is 46.9 Å². The average molecular weight is 375 g/mol. The molecule has 2 aromatic heterocycles. The number of hydrogen-bond donors (Lipinski definition) is 1. The molecule has 4 nitrogen and oxygen atoms in total. The molecular weight excluding hydrogens is 354 g/mol. The zero-order valence-corrected chi connectivity index (χ0v) is 16.0. The van der Waals surface area contributed by atoms with Gasteiger partial charge in [-0.3, -0.25) is 4.79 Å². The van der Waals surface area contributed by atoms with Crippen LogP contribution in [0.15, 0.2) is 66.0 Å². The number of hydrogen-bond acceptors (Lipinski definition) is 3. The first-order valence-corrected chi connectivity index (χ1v) is 9.90. The lowest BCUT2D eigenvalue weighted by atomic mass is 10.1. The van der Waals surface area contributed by atoms with Crippen molar-refractivity contribution in [3.05, 3.63) is 87.9 Å². The van der Waals surface area contributed by atoms with E-state index in [4.69, 9.17) is 4.98 Å². The fraction of sp³-hybridized carbons (Fsp3) is 0.182. The van der Waals surface area contributed by atoms with E-state index in [1.165, 1.54) is 22.5 Å². The molecule has 2 heterocycles. The van der Waals surface area contributed by atoms with Gasteiger partial charge in [0.1, 0.15) is 5.82 Å². The summed E-state index contributed by atoms with van der Waals surface area (Å²) >= 11 is 1.45. The third kappa shape index (κ3) is 3.93. The molecular formula is C22H21N3OS. The highest BCUT2D eigenvalue weighted by Gasteiger charge is 2.12. The molecule has 0 saturated heterocycles. The highest BCUT2D eigenvalue weighted by Crippen LogP contribution is 2.19. The van der Waals surface area contributed by atoms with E-state index in [9.17, 15) is 4.79 Å². The molecule has 4 aromatic rings. The number of carbonyl (C=O) groups is 1. The fourth-order valence-electron chi connectivity index (χ4n) is 3.15. The lowest BCUT2D eigenvalue weighted by Crippen LogP contribution is -2.25. The van der Waals surface area contributed by atoms with Crippen LogP contribution in [0.1, 0.15) is 26.6 Å². The van der Waals surface area contributed by atoms with Crippen LogP contribution >= 0.6 is 11.3 Å². The number of nitrogens with one attached hydrogen (secondary N) is 1. The van der Waals surface area contributed by atoms with Crippen LogP contribution in [0.2, 0.25) is 0 Å². The summed E-state index contributed by atoms with van der Waals surface area (Å²) in [5.74, 6) is 0.967. The molecule has 0 unspecified atom stereocenters. The first-order valence-electron chi connectivity index (χ1n) is 9.02. The SMILES string of the molecule is Cc1ccc(Cn2c(CCNC(=O)c3cccs3)nc3ccccc32)cc1. The summed E-state index contributed by atoms with van der Waals surface area (Å²) < 4.78 is 2.25. The summed E-state index contributed by atoms with van der Waals surface area (Å²) in [6.07, 6.45) is 0.692. The predicted molar refractivity (Wildman–Crippen MR) is 110 cm³/mol. The second kappa shape index (κ2) is 7.76. The number of imidazole rings is 1. The first-order chi connectivity index (χ1) is 13.2. The van der Waals surface area contributed by atoms with Gasteiger partial charge in [0.15, 0.2) is 0 Å². The Balaban J connectivity index is 1.54. The lowest BCUT2D eigenvalue weighted by molar-refractivity contribution is 0.0958. The number of nitrogens with zero attached hydrogens (tertiary/aromatic N) is 2. The standard InChI is InChI=1S/C22H21N3OS/c1-16-8-10-17(11-9-16)15-25-19-6-3-2-5-18(19)24-21(25)12-13-23-22(26)20-7-4-14-27-20/h2-11,14H,12-13,15H2,1H3,(H,23,26). The minimum absolute atomic E-state index is 0.0220. The van der Waals surface area contributed by atoms with Crippen molar-refractivity contribution in [1.29, 1.82) is 0 Å². The number of carbonyl (C=O) groups excluding carboxylic acids is 1. The van der Waals surface area contributed by atoms with E-state index in [1.54, 1.807) is 0 Å². The van der Waals surface area contributed by atoms with Crippen LogP contribution in [0.25, 0.3) is 11.0 Å². The highest BCUT2D eigenvalue weighted by atomic mass is 32.1. The molecule has 0 atom stereocenters. The van der Waals surface area contributed by atoms with Gasteiger partial charge in [0.05, 0.1) is 15.9 Å². The summed E-state index contributed by atoms with van der Waals surface area (Å²) in [7, 11) is 0. The van der Waals surface area contributed by atoms with E-state index in [0.29, 0.717) is 13.0 Å². The van der Waals surface area contributed by atoms with E-state index < -0.39 is 0 Å². The highest BCUT2D eigenvalue weighted by molar-refractivity contribution is 7.12. The van der Waals surface area contributed by atoms with E-state index in [1.807, 2.05) is 35.7 Å². The van der Waals surface area contributed by atoms with Crippen molar-refractivity contribution < 1.29 is 4.79 Å². The molecule has 136 valence electrons. The largest absolute Gasteiger partial charge is 0.351 e. The van der Waals surface area contributed by atoms with Crippen molar-refractivity contribution in [2.75, 3.05) is 6.54 Å². The number of aromatic nitrogens is 2. The van der Waals surface area contributed by atoms with Gasteiger partial charge in [-0.05, 0) is 36.1 Å². The predicted octanol–water partition coefficient (Wildman–Crippen LogP) is 4.43. The monoisotopic (exact) mass is 375 g/mol. The number of fused-ring (bicyclic) bond motifs is 1. The molecule has 0 aliphatic rings. The second-order valence-electron chi connectivity index (χ2n) is 6.57. The van der Waals surface area contributed by atoms with E-state index in [-0.39, 0.29) is 5.91 Å². The third-order valence-corrected chi connectivity index (χ3v) is 5.44. The molecule has 0 fully saturated rings. The van der Waals surface area contributed by atoms with Gasteiger partial charge in [0, 0.05) is 19.5 Å². The summed E-state index contributed by atoms with van der Waals surface area (Å²) in [6, 6.07) is 20.5. The van der Waals surface area contributed by atoms with Crippen LogP contribution in [-0.2, 0) is 13.0 Å². The van der Waals surface area contributed by atoms with Gasteiger partial charge in [-0.1, -0.05) is 48.0 Å². The van der Waals surface area contributed by atoms with Crippen LogP contribution in [-0.4, -0.2) is 22.0 Å². The number of aryl methyl sites for hydroxylation is 1. The van der Waals surface area contributed by atoms with Crippen LogP contribution < -0.4 is 5.32 Å². The van der Waals surface area contributed by atoms with Crippen molar-refractivity contribution in [3.63, 3.8) is 0 Å². The molecule has 0 radical (unpaired) electrons. The minimum atomic E-state index is -0.0220. The van der Waals surface area contributed by atoms with Crippen LogP contribution in [0.5, 0.6) is 0 Å². The Morgan fingerprint density at radius 1 is 1.07 bits per heavy atom. The van der Waals surface area contributed by atoms with Gasteiger partial charge in [-0.2, -0.15) is 0 Å². The molecule has 27 heavy (non-hydrogen) atoms. The molecule has 0 aliphatic carbocycles. The third-order valence-electron chi connectivity index (χ3n) is 4.57. The number of thiophene rings is 1. The maximum atomic E-state index is 12.1. The summed E-state index contributed by atoms with van der Waals surface area (Å²) in [5.41, 5.74) is 4.61. The number of amides is 1. The molecule has 2 aromatic carbocycles. The first kappa shape index (κ1) is 17.5. The van der Waals surface area contributed by atoms with E-state index >= 15 is 0 Å². The smallest absolute Gasteiger partial charge is 0.261 e. The molecule has 0 bridgehead atoms. The van der Waals surface area contributed by atoms with Gasteiger partial charge < -0.3 is 9.88 Å². The Hall–Kier alpha value is -2.92. The number of benzene rings is 2. The van der Waals surface area contributed by atoms with Crippen molar-refractivity contribution in [2.45, 2.75) is 19.9 Å². The zero-order valence-electron chi connectivity index (χ0n) is 15.2. The summed E-state index contributed by atoms with van der Waals surface area (Å²) in [4.78, 5) is 17.7. The number of para-hydroxylation sites is 2. The minimum Gasteiger partial charge on any atom is -0.351 e. The van der Waals surface area contributed by atoms with Crippen LogP contribution in [0, 0.1) is 6.92 Å². The van der Waals surface area contributed by atoms with Gasteiger partial charge in [0.2, 0.25) is 0 Å². The summed E-state index contributed by atoms with van der Waals surface area (Å²) in [6.45, 7) is 3.43. The van der Waals surface area contributed by atoms with Crippen molar-refractivity contribution in [3.8, 4) is 0 Å². The molecule has 1 N–H and O–H groups in total. The average Bonchev–Trinajstić information content (AvgIpc) is 3.33. The molecule has 0 aliphatic heterocycles. The maximum Gasteiger partial charge on any atom is 0.261 e. The molecule has 5 heteroatoms. The molecule has 1 amide bonds. The number of rotatable bonds is 6. The normalized spacial score (nSPS) is 11.0. The van der Waals surface area contributed by atoms with Gasteiger partial charge in [0.25, 0.3) is 5.91 Å². The van der Waals surface area contributed by atoms with Crippen LogP contribution in [0.4, 0.5) is 0 Å². The Morgan fingerprint density at radius 3 is 2.67 bits per heavy atom. The van der Waals surface area contributed by atoms with E-state index in [0.717, 1.165) is 28.3 Å². The van der Waals surface area contributed by atoms with Crippen molar-refractivity contribution in [1.82, 2.24) is 14.9 Å². The fourth-order valence-corrected chi connectivity index (χ4v) is 3.79. The van der Waals surface area contributed by atoms with Crippen molar-refractivity contribution in [2.24, 2.45) is 0 Å². The van der Waals surface area contributed by atoms with E-state index in [2.05, 4.69) is 47.1 Å². The van der Waals surface area contributed by atoms with Gasteiger partial charge in [-0.25, -0.2) is 4.98 Å².